The van der Waals surface area contributed by atoms with Gasteiger partial charge in [-0.15, -0.1) is 11.3 Å². The molecule has 3 nitrogen and oxygen atoms in total. The van der Waals surface area contributed by atoms with Crippen LogP contribution in [-0.2, 0) is 12.8 Å². The summed E-state index contributed by atoms with van der Waals surface area (Å²) in [6.45, 7) is 2.06. The Kier molecular flexibility index (Phi) is 4.20. The average Bonchev–Trinajstić information content (AvgIpc) is 2.77. The number of thiazole rings is 1. The quantitative estimate of drug-likeness (QED) is 0.898. The van der Waals surface area contributed by atoms with Crippen molar-refractivity contribution in [3.8, 4) is 5.75 Å². The summed E-state index contributed by atoms with van der Waals surface area (Å²) in [5.74, 6) is 0.966. The number of rotatable bonds is 5. The highest BCUT2D eigenvalue weighted by Gasteiger charge is 2.08. The van der Waals surface area contributed by atoms with Crippen molar-refractivity contribution in [2.24, 2.45) is 0 Å². The molecule has 0 aliphatic heterocycles. The number of benzene rings is 1. The molecule has 4 heteroatoms. The summed E-state index contributed by atoms with van der Waals surface area (Å²) in [5.41, 5.74) is 2.37. The van der Waals surface area contributed by atoms with Gasteiger partial charge in [-0.25, -0.2) is 4.98 Å². The van der Waals surface area contributed by atoms with E-state index >= 15 is 0 Å². The molecule has 0 aliphatic rings. The van der Waals surface area contributed by atoms with E-state index in [0.29, 0.717) is 0 Å². The van der Waals surface area contributed by atoms with E-state index in [9.17, 15) is 0 Å². The maximum atomic E-state index is 5.37. The topological polar surface area (TPSA) is 34.2 Å². The summed E-state index contributed by atoms with van der Waals surface area (Å²) in [7, 11) is 3.62. The summed E-state index contributed by atoms with van der Waals surface area (Å²) >= 11 is 1.73. The summed E-state index contributed by atoms with van der Waals surface area (Å²) in [5, 5.41) is 4.08. The number of methoxy groups -OCH3 is 1. The molecule has 0 bridgehead atoms. The number of nitrogens with zero attached hydrogens (tertiary/aromatic N) is 1. The number of hydrogen-bond donors (Lipinski definition) is 1. The molecule has 1 heterocycles. The Morgan fingerprint density at radius 1 is 1.28 bits per heavy atom. The van der Waals surface area contributed by atoms with Gasteiger partial charge in [0, 0.05) is 11.9 Å². The largest absolute Gasteiger partial charge is 0.496 e. The van der Waals surface area contributed by atoms with Crippen molar-refractivity contribution in [1.29, 1.82) is 0 Å². The summed E-state index contributed by atoms with van der Waals surface area (Å²) in [6, 6.07) is 8.18. The highest BCUT2D eigenvalue weighted by molar-refractivity contribution is 7.15. The monoisotopic (exact) mass is 262 g/mol. The maximum Gasteiger partial charge on any atom is 0.182 e. The average molecular weight is 262 g/mol. The molecular weight excluding hydrogens is 244 g/mol. The van der Waals surface area contributed by atoms with Crippen LogP contribution in [0.1, 0.15) is 16.1 Å². The van der Waals surface area contributed by atoms with E-state index in [0.717, 1.165) is 29.4 Å². The first-order chi connectivity index (χ1) is 8.74. The van der Waals surface area contributed by atoms with E-state index < -0.39 is 0 Å². The first-order valence-corrected chi connectivity index (χ1v) is 6.82. The second-order valence-corrected chi connectivity index (χ2v) is 5.17. The predicted octanol–water partition coefficient (Wildman–Crippen LogP) is 3.29. The van der Waals surface area contributed by atoms with Gasteiger partial charge in [0.1, 0.15) is 5.75 Å². The Labute approximate surface area is 112 Å². The van der Waals surface area contributed by atoms with E-state index in [1.807, 2.05) is 19.2 Å². The van der Waals surface area contributed by atoms with Crippen molar-refractivity contribution >= 4 is 16.5 Å². The van der Waals surface area contributed by atoms with Gasteiger partial charge in [-0.05, 0) is 31.4 Å². The molecule has 1 N–H and O–H groups in total. The molecule has 0 amide bonds. The zero-order valence-corrected chi connectivity index (χ0v) is 11.8. The second-order valence-electron chi connectivity index (χ2n) is 4.09. The third kappa shape index (κ3) is 2.82. The fourth-order valence-corrected chi connectivity index (χ4v) is 2.84. The first-order valence-electron chi connectivity index (χ1n) is 6.00. The molecule has 0 unspecified atom stereocenters. The predicted molar refractivity (Wildman–Crippen MR) is 76.8 cm³/mol. The minimum Gasteiger partial charge on any atom is -0.496 e. The molecule has 1 aromatic carbocycles. The molecule has 0 aliphatic carbocycles. The van der Waals surface area contributed by atoms with Gasteiger partial charge >= 0.3 is 0 Å². The number of aromatic nitrogens is 1. The fourth-order valence-electron chi connectivity index (χ4n) is 1.92. The maximum absolute atomic E-state index is 5.37. The van der Waals surface area contributed by atoms with Gasteiger partial charge < -0.3 is 10.1 Å². The van der Waals surface area contributed by atoms with Crippen molar-refractivity contribution < 1.29 is 4.74 Å². The number of aryl methyl sites for hydroxylation is 3. The lowest BCUT2D eigenvalue weighted by Crippen LogP contribution is -1.95. The van der Waals surface area contributed by atoms with E-state index in [1.165, 1.54) is 10.4 Å². The molecule has 0 fully saturated rings. The van der Waals surface area contributed by atoms with Gasteiger partial charge in [0.15, 0.2) is 5.13 Å². The zero-order chi connectivity index (χ0) is 13.0. The van der Waals surface area contributed by atoms with E-state index in [2.05, 4.69) is 29.4 Å². The van der Waals surface area contributed by atoms with E-state index in [1.54, 1.807) is 18.4 Å². The highest BCUT2D eigenvalue weighted by atomic mass is 32.1. The Bertz CT molecular complexity index is 522. The van der Waals surface area contributed by atoms with Crippen molar-refractivity contribution in [2.45, 2.75) is 19.8 Å². The Hall–Kier alpha value is -1.55. The lowest BCUT2D eigenvalue weighted by Gasteiger charge is -2.07. The minimum atomic E-state index is 0.966. The Morgan fingerprint density at radius 2 is 2.06 bits per heavy atom. The van der Waals surface area contributed by atoms with Gasteiger partial charge in [-0.1, -0.05) is 18.2 Å². The number of anilines is 1. The first kappa shape index (κ1) is 12.9. The minimum absolute atomic E-state index is 0.966. The lowest BCUT2D eigenvalue weighted by molar-refractivity contribution is 0.409. The van der Waals surface area contributed by atoms with Crippen LogP contribution in [0.5, 0.6) is 5.75 Å². The normalized spacial score (nSPS) is 10.4. The summed E-state index contributed by atoms with van der Waals surface area (Å²) in [6.07, 6.45) is 1.99. The van der Waals surface area contributed by atoms with Crippen LogP contribution in [0.3, 0.4) is 0 Å². The standard InChI is InChI=1S/C14H18N2OS/c1-10-13(18-14(15-2)16-10)9-8-11-6-4-5-7-12(11)17-3/h4-7H,8-9H2,1-3H3,(H,15,16). The third-order valence-electron chi connectivity index (χ3n) is 2.92. The van der Waals surface area contributed by atoms with Crippen LogP contribution >= 0.6 is 11.3 Å². The number of hydrogen-bond acceptors (Lipinski definition) is 4. The van der Waals surface area contributed by atoms with Gasteiger partial charge in [0.25, 0.3) is 0 Å². The molecule has 96 valence electrons. The molecule has 2 aromatic rings. The highest BCUT2D eigenvalue weighted by Crippen LogP contribution is 2.25. The number of nitrogens with one attached hydrogen (secondary N) is 1. The number of para-hydroxylation sites is 1. The number of ether oxygens (including phenoxy) is 1. The van der Waals surface area contributed by atoms with Crippen molar-refractivity contribution in [3.63, 3.8) is 0 Å². The smallest absolute Gasteiger partial charge is 0.182 e. The molecule has 1 aromatic heterocycles. The van der Waals surface area contributed by atoms with Crippen LogP contribution in [0, 0.1) is 6.92 Å². The SMILES string of the molecule is CNc1nc(C)c(CCc2ccccc2OC)s1. The van der Waals surface area contributed by atoms with Crippen LogP contribution in [0.25, 0.3) is 0 Å². The zero-order valence-electron chi connectivity index (χ0n) is 11.0. The van der Waals surface area contributed by atoms with Crippen LogP contribution in [0.4, 0.5) is 5.13 Å². The van der Waals surface area contributed by atoms with Crippen LogP contribution < -0.4 is 10.1 Å². The van der Waals surface area contributed by atoms with Gasteiger partial charge in [-0.3, -0.25) is 0 Å². The third-order valence-corrected chi connectivity index (χ3v) is 4.16. The molecule has 18 heavy (non-hydrogen) atoms. The van der Waals surface area contributed by atoms with Crippen molar-refractivity contribution in [3.05, 3.63) is 40.4 Å². The summed E-state index contributed by atoms with van der Waals surface area (Å²) < 4.78 is 5.37. The van der Waals surface area contributed by atoms with Gasteiger partial charge in [0.05, 0.1) is 12.8 Å². The van der Waals surface area contributed by atoms with E-state index in [-0.39, 0.29) is 0 Å². The Morgan fingerprint density at radius 3 is 2.72 bits per heavy atom. The second kappa shape index (κ2) is 5.87. The Balaban J connectivity index is 2.08. The summed E-state index contributed by atoms with van der Waals surface area (Å²) in [4.78, 5) is 5.80. The van der Waals surface area contributed by atoms with Gasteiger partial charge in [0.2, 0.25) is 0 Å². The molecular formula is C14H18N2OS. The van der Waals surface area contributed by atoms with Crippen molar-refractivity contribution in [2.75, 3.05) is 19.5 Å². The van der Waals surface area contributed by atoms with Crippen molar-refractivity contribution in [1.82, 2.24) is 4.98 Å². The molecule has 0 spiro atoms. The fraction of sp³-hybridized carbons (Fsp3) is 0.357. The molecule has 0 radical (unpaired) electrons. The lowest BCUT2D eigenvalue weighted by atomic mass is 10.1. The molecule has 0 saturated heterocycles. The van der Waals surface area contributed by atoms with Crippen LogP contribution in [-0.4, -0.2) is 19.1 Å². The van der Waals surface area contributed by atoms with Crippen LogP contribution in [0.2, 0.25) is 0 Å². The molecule has 0 saturated carbocycles. The molecule has 2 rings (SSSR count). The van der Waals surface area contributed by atoms with Crippen LogP contribution in [0.15, 0.2) is 24.3 Å². The van der Waals surface area contributed by atoms with Gasteiger partial charge in [-0.2, -0.15) is 0 Å². The molecule has 0 atom stereocenters. The van der Waals surface area contributed by atoms with E-state index in [4.69, 9.17) is 4.74 Å².